The summed E-state index contributed by atoms with van der Waals surface area (Å²) >= 11 is 2.07. The Bertz CT molecular complexity index is 743. The minimum Gasteiger partial charge on any atom is -0.354 e. The minimum atomic E-state index is 0. The summed E-state index contributed by atoms with van der Waals surface area (Å²) in [6, 6.07) is 0. The van der Waals surface area contributed by atoms with Crippen molar-refractivity contribution < 1.29 is 4.79 Å². The minimum absolute atomic E-state index is 0. The number of thioether (sulfide) groups is 1. The molecule has 2 saturated heterocycles. The van der Waals surface area contributed by atoms with E-state index in [1.165, 1.54) is 50.3 Å². The largest absolute Gasteiger partial charge is 0.354 e. The number of rotatable bonds is 4. The topological polar surface area (TPSA) is 69.0 Å². The molecular weight excluding hydrogens is 513 g/mol. The van der Waals surface area contributed by atoms with E-state index >= 15 is 0 Å². The highest BCUT2D eigenvalue weighted by Crippen LogP contribution is 2.36. The van der Waals surface area contributed by atoms with E-state index in [4.69, 9.17) is 0 Å². The number of guanidine groups is 1. The molecule has 1 aromatic heterocycles. The van der Waals surface area contributed by atoms with Gasteiger partial charge in [0.05, 0.1) is 11.9 Å². The van der Waals surface area contributed by atoms with Gasteiger partial charge in [0.25, 0.3) is 0 Å². The van der Waals surface area contributed by atoms with Gasteiger partial charge in [0.2, 0.25) is 5.91 Å². The number of aryl methyl sites for hydroxylation is 1. The molecule has 0 aromatic carbocycles. The third kappa shape index (κ3) is 5.07. The quantitative estimate of drug-likeness (QED) is 0.351. The Morgan fingerprint density at radius 2 is 1.97 bits per heavy atom. The Morgan fingerprint density at radius 3 is 2.57 bits per heavy atom. The van der Waals surface area contributed by atoms with Crippen molar-refractivity contribution in [2.75, 3.05) is 62.7 Å². The van der Waals surface area contributed by atoms with Crippen molar-refractivity contribution in [1.29, 1.82) is 0 Å². The molecule has 1 aromatic rings. The lowest BCUT2D eigenvalue weighted by Gasteiger charge is -2.44. The predicted octanol–water partition coefficient (Wildman–Crippen LogP) is 1.62. The summed E-state index contributed by atoms with van der Waals surface area (Å²) in [5.74, 6) is 3.42. The van der Waals surface area contributed by atoms with E-state index in [0.29, 0.717) is 13.1 Å². The monoisotopic (exact) mass is 547 g/mol. The average molecular weight is 548 g/mol. The lowest BCUT2D eigenvalue weighted by molar-refractivity contribution is -0.120. The van der Waals surface area contributed by atoms with Gasteiger partial charge < -0.3 is 15.1 Å². The summed E-state index contributed by atoms with van der Waals surface area (Å²) in [6.45, 7) is 5.07. The average Bonchev–Trinajstić information content (AvgIpc) is 3.39. The zero-order valence-corrected chi connectivity index (χ0v) is 21.2. The highest BCUT2D eigenvalue weighted by molar-refractivity contribution is 14.0. The van der Waals surface area contributed by atoms with E-state index in [2.05, 4.69) is 37.0 Å². The Hall–Kier alpha value is -1.01. The van der Waals surface area contributed by atoms with Crippen molar-refractivity contribution in [3.63, 3.8) is 0 Å². The zero-order valence-electron chi connectivity index (χ0n) is 18.0. The molecule has 0 radical (unpaired) electrons. The van der Waals surface area contributed by atoms with Gasteiger partial charge in [-0.2, -0.15) is 16.9 Å². The van der Waals surface area contributed by atoms with Gasteiger partial charge in [-0.1, -0.05) is 12.8 Å². The maximum Gasteiger partial charge on any atom is 0.246 e. The van der Waals surface area contributed by atoms with Gasteiger partial charge in [-0.15, -0.1) is 24.0 Å². The van der Waals surface area contributed by atoms with E-state index in [9.17, 15) is 4.79 Å². The molecule has 168 valence electrons. The first-order valence-corrected chi connectivity index (χ1v) is 11.8. The van der Waals surface area contributed by atoms with Gasteiger partial charge in [-0.05, 0) is 12.8 Å². The molecule has 8 nitrogen and oxygen atoms in total. The molecule has 2 aliphatic heterocycles. The highest BCUT2D eigenvalue weighted by Gasteiger charge is 2.40. The van der Waals surface area contributed by atoms with Crippen LogP contribution in [0.25, 0.3) is 0 Å². The van der Waals surface area contributed by atoms with Crippen molar-refractivity contribution in [2.45, 2.75) is 31.2 Å². The van der Waals surface area contributed by atoms with Crippen molar-refractivity contribution in [1.82, 2.24) is 24.9 Å². The van der Waals surface area contributed by atoms with E-state index < -0.39 is 0 Å². The summed E-state index contributed by atoms with van der Waals surface area (Å²) in [4.78, 5) is 23.9. The van der Waals surface area contributed by atoms with Gasteiger partial charge in [0.1, 0.15) is 6.54 Å². The number of aromatic nitrogens is 2. The second kappa shape index (κ2) is 10.5. The van der Waals surface area contributed by atoms with Crippen LogP contribution < -0.4 is 10.2 Å². The first-order chi connectivity index (χ1) is 14.1. The molecule has 1 aliphatic carbocycles. The number of halogens is 1. The summed E-state index contributed by atoms with van der Waals surface area (Å²) in [7, 11) is 3.69. The molecule has 3 fully saturated rings. The van der Waals surface area contributed by atoms with Gasteiger partial charge >= 0.3 is 0 Å². The molecule has 0 spiro atoms. The molecular formula is C20H34IN7OS. The number of carbonyl (C=O) groups is 1. The predicted molar refractivity (Wildman–Crippen MR) is 134 cm³/mol. The van der Waals surface area contributed by atoms with Crippen LogP contribution in [0.3, 0.4) is 0 Å². The highest BCUT2D eigenvalue weighted by atomic mass is 127. The van der Waals surface area contributed by atoms with Crippen molar-refractivity contribution >= 4 is 53.3 Å². The molecule has 3 heterocycles. The Labute approximate surface area is 200 Å². The number of nitrogens with one attached hydrogen (secondary N) is 1. The smallest absolute Gasteiger partial charge is 0.246 e. The van der Waals surface area contributed by atoms with Crippen molar-refractivity contribution in [3.05, 3.63) is 12.4 Å². The third-order valence-corrected chi connectivity index (χ3v) is 7.47. The maximum absolute atomic E-state index is 12.8. The molecule has 1 saturated carbocycles. The SMILES string of the molecule is CN=C(NCC1(N2CCSCC2)CCCC1)N1CCN(c2cnn(C)c2)C(=O)C1.I. The fraction of sp³-hybridized carbons (Fsp3) is 0.750. The lowest BCUT2D eigenvalue weighted by atomic mass is 9.94. The Balaban J connectivity index is 0.00000256. The van der Waals surface area contributed by atoms with Crippen LogP contribution in [0, 0.1) is 0 Å². The van der Waals surface area contributed by atoms with E-state index in [-0.39, 0.29) is 35.4 Å². The first-order valence-electron chi connectivity index (χ1n) is 10.7. The molecule has 3 aliphatic rings. The van der Waals surface area contributed by atoms with Crippen molar-refractivity contribution in [3.8, 4) is 0 Å². The summed E-state index contributed by atoms with van der Waals surface area (Å²) in [6.07, 6.45) is 8.78. The Morgan fingerprint density at radius 1 is 1.23 bits per heavy atom. The molecule has 10 heteroatoms. The number of aliphatic imine (C=N–C) groups is 1. The molecule has 0 atom stereocenters. The van der Waals surface area contributed by atoms with E-state index in [1.54, 1.807) is 10.9 Å². The summed E-state index contributed by atoms with van der Waals surface area (Å²) < 4.78 is 1.73. The zero-order chi connectivity index (χ0) is 20.3. The third-order valence-electron chi connectivity index (χ3n) is 6.53. The number of piperazine rings is 1. The number of amides is 1. The second-order valence-corrected chi connectivity index (χ2v) is 9.50. The van der Waals surface area contributed by atoms with Crippen molar-refractivity contribution in [2.24, 2.45) is 12.0 Å². The number of anilines is 1. The first kappa shape index (κ1) is 23.6. The molecule has 0 bridgehead atoms. The molecule has 0 unspecified atom stereocenters. The molecule has 30 heavy (non-hydrogen) atoms. The van der Waals surface area contributed by atoms with Gasteiger partial charge in [-0.25, -0.2) is 0 Å². The van der Waals surface area contributed by atoms with Crippen LogP contribution in [-0.2, 0) is 11.8 Å². The normalized spacial score (nSPS) is 22.9. The van der Waals surface area contributed by atoms with Crippen LogP contribution in [0.15, 0.2) is 17.4 Å². The number of carbonyl (C=O) groups excluding carboxylic acids is 1. The standard InChI is InChI=1S/C20H33N7OS.HI/c1-21-19(22-16-20(5-3-4-6-20)26-9-11-29-12-10-26)25-7-8-27(18(28)15-25)17-13-23-24(2)14-17;/h13-14H,3-12,15-16H2,1-2H3,(H,21,22);1H. The summed E-state index contributed by atoms with van der Waals surface area (Å²) in [5, 5.41) is 7.83. The number of hydrogen-bond donors (Lipinski definition) is 1. The van der Waals surface area contributed by atoms with Gasteiger partial charge in [-0.3, -0.25) is 19.4 Å². The van der Waals surface area contributed by atoms with Crippen LogP contribution in [0.2, 0.25) is 0 Å². The Kier molecular flexibility index (Phi) is 8.31. The number of hydrogen-bond acceptors (Lipinski definition) is 5. The van der Waals surface area contributed by atoms with Crippen LogP contribution in [-0.4, -0.2) is 94.8 Å². The molecule has 4 rings (SSSR count). The second-order valence-electron chi connectivity index (χ2n) is 8.27. The van der Waals surface area contributed by atoms with Gasteiger partial charge in [0.15, 0.2) is 5.96 Å². The van der Waals surface area contributed by atoms with E-state index in [0.717, 1.165) is 24.7 Å². The van der Waals surface area contributed by atoms with Gasteiger partial charge in [0, 0.05) is 70.1 Å². The van der Waals surface area contributed by atoms with Crippen LogP contribution in [0.5, 0.6) is 0 Å². The van der Waals surface area contributed by atoms with Crippen LogP contribution in [0.1, 0.15) is 25.7 Å². The lowest BCUT2D eigenvalue weighted by Crippen LogP contribution is -2.60. The fourth-order valence-corrected chi connectivity index (χ4v) is 5.83. The van der Waals surface area contributed by atoms with Crippen LogP contribution >= 0.6 is 35.7 Å². The fourth-order valence-electron chi connectivity index (χ4n) is 4.93. The maximum atomic E-state index is 12.8. The van der Waals surface area contributed by atoms with Crippen LogP contribution in [0.4, 0.5) is 5.69 Å². The van der Waals surface area contributed by atoms with E-state index in [1.807, 2.05) is 25.2 Å². The molecule has 1 amide bonds. The number of nitrogens with zero attached hydrogens (tertiary/aromatic N) is 6. The molecule has 1 N–H and O–H groups in total. The summed E-state index contributed by atoms with van der Waals surface area (Å²) in [5.41, 5.74) is 1.12.